The van der Waals surface area contributed by atoms with E-state index < -0.39 is 0 Å². The number of nitrogens with zero attached hydrogens (tertiary/aromatic N) is 1. The fourth-order valence-electron chi connectivity index (χ4n) is 2.64. The van der Waals surface area contributed by atoms with Crippen molar-refractivity contribution in [3.8, 4) is 11.5 Å². The van der Waals surface area contributed by atoms with E-state index in [4.69, 9.17) is 21.4 Å². The quantitative estimate of drug-likeness (QED) is 0.415. The molecule has 1 aromatic heterocycles. The summed E-state index contributed by atoms with van der Waals surface area (Å²) < 4.78 is 11.8. The third-order valence-electron chi connectivity index (χ3n) is 3.90. The lowest BCUT2D eigenvalue weighted by Gasteiger charge is -2.15. The van der Waals surface area contributed by atoms with Gasteiger partial charge in [-0.05, 0) is 55.5 Å². The normalized spacial score (nSPS) is 15.6. The molecule has 0 aliphatic carbocycles. The van der Waals surface area contributed by atoms with Gasteiger partial charge < -0.3 is 9.15 Å². The maximum Gasteiger partial charge on any atom is 0.270 e. The summed E-state index contributed by atoms with van der Waals surface area (Å²) in [6, 6.07) is 20.5. The molecule has 0 spiro atoms. The van der Waals surface area contributed by atoms with Crippen LogP contribution in [-0.4, -0.2) is 10.2 Å². The van der Waals surface area contributed by atoms with E-state index in [1.165, 1.54) is 16.7 Å². The molecule has 0 saturated carbocycles. The van der Waals surface area contributed by atoms with Gasteiger partial charge in [-0.1, -0.05) is 42.2 Å². The Morgan fingerprint density at radius 3 is 2.37 bits per heavy atom. The molecule has 0 bridgehead atoms. The molecule has 6 heteroatoms. The molecule has 0 unspecified atom stereocenters. The summed E-state index contributed by atoms with van der Waals surface area (Å²) >= 11 is 6.67. The lowest BCUT2D eigenvalue weighted by molar-refractivity contribution is -0.113. The summed E-state index contributed by atoms with van der Waals surface area (Å²) in [6.45, 7) is 1.86. The van der Waals surface area contributed by atoms with Crippen molar-refractivity contribution < 1.29 is 13.9 Å². The lowest BCUT2D eigenvalue weighted by atomic mass is 10.2. The van der Waals surface area contributed by atoms with Crippen molar-refractivity contribution in [2.24, 2.45) is 0 Å². The molecule has 1 amide bonds. The van der Waals surface area contributed by atoms with Crippen molar-refractivity contribution in [2.45, 2.75) is 6.92 Å². The van der Waals surface area contributed by atoms with E-state index in [0.717, 1.165) is 11.5 Å². The molecule has 1 saturated heterocycles. The van der Waals surface area contributed by atoms with Gasteiger partial charge in [0.15, 0.2) is 4.32 Å². The fraction of sp³-hybridized carbons (Fsp3) is 0.0476. The molecule has 1 aliphatic heterocycles. The van der Waals surface area contributed by atoms with E-state index in [1.54, 1.807) is 6.08 Å². The predicted molar refractivity (Wildman–Crippen MR) is 112 cm³/mol. The molecule has 2 aromatic carbocycles. The van der Waals surface area contributed by atoms with Gasteiger partial charge in [-0.3, -0.25) is 9.69 Å². The number of hydrogen-bond acceptors (Lipinski definition) is 5. The minimum atomic E-state index is -0.157. The zero-order chi connectivity index (χ0) is 18.8. The largest absolute Gasteiger partial charge is 0.462 e. The number of amides is 1. The molecule has 0 N–H and O–H groups in total. The Hall–Kier alpha value is -2.83. The van der Waals surface area contributed by atoms with Crippen molar-refractivity contribution in [1.82, 2.24) is 0 Å². The Bertz CT molecular complexity index is 1020. The standard InChI is InChI=1S/C21H15NO3S2/c1-14-7-10-18(24-14)13-19-20(23)22(21(26)27-19)15-8-11-17(12-9-15)25-16-5-3-2-4-6-16/h2-13H,1H3/b19-13-. The highest BCUT2D eigenvalue weighted by Gasteiger charge is 2.33. The Morgan fingerprint density at radius 1 is 1.00 bits per heavy atom. The lowest BCUT2D eigenvalue weighted by Crippen LogP contribution is -2.27. The van der Waals surface area contributed by atoms with Gasteiger partial charge in [0, 0.05) is 6.08 Å². The molecule has 0 atom stereocenters. The molecular formula is C21H15NO3S2. The molecule has 27 heavy (non-hydrogen) atoms. The number of ether oxygens (including phenoxy) is 1. The maximum atomic E-state index is 12.8. The zero-order valence-corrected chi connectivity index (χ0v) is 16.0. The van der Waals surface area contributed by atoms with Crippen molar-refractivity contribution in [2.75, 3.05) is 4.90 Å². The van der Waals surface area contributed by atoms with Gasteiger partial charge in [-0.2, -0.15) is 0 Å². The molecule has 3 aromatic rings. The highest BCUT2D eigenvalue weighted by molar-refractivity contribution is 8.27. The average molecular weight is 393 g/mol. The van der Waals surface area contributed by atoms with Crippen LogP contribution in [-0.2, 0) is 4.79 Å². The van der Waals surface area contributed by atoms with Crippen molar-refractivity contribution in [1.29, 1.82) is 0 Å². The van der Waals surface area contributed by atoms with Gasteiger partial charge in [0.2, 0.25) is 0 Å². The first kappa shape index (κ1) is 17.6. The summed E-state index contributed by atoms with van der Waals surface area (Å²) in [6.07, 6.45) is 1.72. The molecule has 1 fully saturated rings. The fourth-order valence-corrected chi connectivity index (χ4v) is 3.92. The number of furan rings is 1. The van der Waals surface area contributed by atoms with Gasteiger partial charge in [0.1, 0.15) is 23.0 Å². The SMILES string of the molecule is Cc1ccc(/C=C2\SC(=S)N(c3ccc(Oc4ccccc4)cc3)C2=O)o1. The van der Waals surface area contributed by atoms with Crippen molar-refractivity contribution >= 4 is 46.0 Å². The molecule has 1 aliphatic rings. The zero-order valence-electron chi connectivity index (χ0n) is 14.4. The van der Waals surface area contributed by atoms with Crippen LogP contribution in [0.15, 0.2) is 76.1 Å². The first-order valence-corrected chi connectivity index (χ1v) is 9.50. The van der Waals surface area contributed by atoms with Crippen LogP contribution in [0.5, 0.6) is 11.5 Å². The molecule has 0 radical (unpaired) electrons. The monoisotopic (exact) mass is 393 g/mol. The third-order valence-corrected chi connectivity index (χ3v) is 5.20. The number of benzene rings is 2. The predicted octanol–water partition coefficient (Wildman–Crippen LogP) is 5.79. The summed E-state index contributed by atoms with van der Waals surface area (Å²) in [4.78, 5) is 14.8. The number of aryl methyl sites for hydroxylation is 1. The Balaban J connectivity index is 1.53. The van der Waals surface area contributed by atoms with E-state index in [9.17, 15) is 4.79 Å². The van der Waals surface area contributed by atoms with Gasteiger partial charge in [-0.15, -0.1) is 0 Å². The van der Waals surface area contributed by atoms with E-state index in [0.29, 0.717) is 26.4 Å². The summed E-state index contributed by atoms with van der Waals surface area (Å²) in [5.74, 6) is 2.73. The number of thioether (sulfide) groups is 1. The second-order valence-electron chi connectivity index (χ2n) is 5.87. The van der Waals surface area contributed by atoms with Crippen LogP contribution in [0.4, 0.5) is 5.69 Å². The maximum absolute atomic E-state index is 12.8. The molecule has 4 nitrogen and oxygen atoms in total. The summed E-state index contributed by atoms with van der Waals surface area (Å²) in [7, 11) is 0. The molecule has 134 valence electrons. The number of carbonyl (C=O) groups excluding carboxylic acids is 1. The minimum Gasteiger partial charge on any atom is -0.462 e. The van der Waals surface area contributed by atoms with Crippen LogP contribution in [0.3, 0.4) is 0 Å². The van der Waals surface area contributed by atoms with Crippen LogP contribution in [0, 0.1) is 6.92 Å². The van der Waals surface area contributed by atoms with Gasteiger partial charge in [0.05, 0.1) is 10.6 Å². The average Bonchev–Trinajstić information content (AvgIpc) is 3.20. The van der Waals surface area contributed by atoms with E-state index >= 15 is 0 Å². The van der Waals surface area contributed by atoms with E-state index in [-0.39, 0.29) is 5.91 Å². The molecular weight excluding hydrogens is 378 g/mol. The number of carbonyl (C=O) groups is 1. The first-order valence-electron chi connectivity index (χ1n) is 8.27. The van der Waals surface area contributed by atoms with Crippen LogP contribution in [0.1, 0.15) is 11.5 Å². The smallest absolute Gasteiger partial charge is 0.270 e. The Kier molecular flexibility index (Phi) is 4.83. The Labute approximate surface area is 166 Å². The summed E-state index contributed by atoms with van der Waals surface area (Å²) in [5.41, 5.74) is 0.705. The van der Waals surface area contributed by atoms with Gasteiger partial charge in [-0.25, -0.2) is 0 Å². The van der Waals surface area contributed by atoms with Crippen LogP contribution in [0.25, 0.3) is 6.08 Å². The van der Waals surface area contributed by atoms with Gasteiger partial charge >= 0.3 is 0 Å². The first-order chi connectivity index (χ1) is 13.1. The van der Waals surface area contributed by atoms with E-state index in [2.05, 4.69) is 0 Å². The minimum absolute atomic E-state index is 0.157. The number of para-hydroxylation sites is 1. The van der Waals surface area contributed by atoms with Crippen LogP contribution in [0.2, 0.25) is 0 Å². The number of anilines is 1. The highest BCUT2D eigenvalue weighted by Crippen LogP contribution is 2.37. The number of thiocarbonyl (C=S) groups is 1. The second kappa shape index (κ2) is 7.42. The molecule has 4 rings (SSSR count). The van der Waals surface area contributed by atoms with Crippen molar-refractivity contribution in [3.05, 3.63) is 83.2 Å². The third kappa shape index (κ3) is 3.82. The topological polar surface area (TPSA) is 42.7 Å². The van der Waals surface area contributed by atoms with Crippen LogP contribution < -0.4 is 9.64 Å². The van der Waals surface area contributed by atoms with E-state index in [1.807, 2.05) is 73.7 Å². The van der Waals surface area contributed by atoms with Crippen LogP contribution >= 0.6 is 24.0 Å². The number of rotatable bonds is 4. The van der Waals surface area contributed by atoms with Gasteiger partial charge in [0.25, 0.3) is 5.91 Å². The second-order valence-corrected chi connectivity index (χ2v) is 7.55. The number of hydrogen-bond donors (Lipinski definition) is 0. The molecule has 2 heterocycles. The highest BCUT2D eigenvalue weighted by atomic mass is 32.2. The summed E-state index contributed by atoms with van der Waals surface area (Å²) in [5, 5.41) is 0. The Morgan fingerprint density at radius 2 is 1.70 bits per heavy atom. The van der Waals surface area contributed by atoms with Crippen molar-refractivity contribution in [3.63, 3.8) is 0 Å².